The molecule has 2 N–H and O–H groups in total. The number of carbonyl (C=O) groups excluding carboxylic acids is 1. The van der Waals surface area contributed by atoms with Crippen LogP contribution in [0.3, 0.4) is 0 Å². The second-order valence-corrected chi connectivity index (χ2v) is 4.36. The first-order valence-corrected chi connectivity index (χ1v) is 6.27. The molecule has 0 fully saturated rings. The number of halogens is 1. The average Bonchev–Trinajstić information content (AvgIpc) is 2.88. The Balaban J connectivity index is 1.98. The predicted octanol–water partition coefficient (Wildman–Crippen LogP) is 2.29. The summed E-state index contributed by atoms with van der Waals surface area (Å²) in [4.78, 5) is 15.5. The Morgan fingerprint density at radius 3 is 2.90 bits per heavy atom. The van der Waals surface area contributed by atoms with E-state index in [4.69, 9.17) is 0 Å². The predicted molar refractivity (Wildman–Crippen MR) is 76.5 cm³/mol. The minimum atomic E-state index is -0.358. The minimum Gasteiger partial charge on any atom is -0.341 e. The van der Waals surface area contributed by atoms with Crippen LogP contribution in [-0.4, -0.2) is 27.7 Å². The molecule has 106 valence electrons. The zero-order chi connectivity index (χ0) is 14.8. The molecule has 3 rings (SSSR count). The number of nitrogens with zero attached hydrogens (tertiary/aromatic N) is 3. The number of imidazole rings is 1. The number of aromatic nitrogens is 3. The molecule has 7 heteroatoms. The lowest BCUT2D eigenvalue weighted by Crippen LogP contribution is -2.24. The van der Waals surface area contributed by atoms with Crippen molar-refractivity contribution in [3.8, 4) is 11.3 Å². The molecule has 2 amide bonds. The van der Waals surface area contributed by atoms with E-state index in [1.54, 1.807) is 30.5 Å². The quantitative estimate of drug-likeness (QED) is 0.759. The molecule has 0 radical (unpaired) electrons. The van der Waals surface area contributed by atoms with Gasteiger partial charge in [-0.2, -0.15) is 5.10 Å². The van der Waals surface area contributed by atoms with Crippen LogP contribution in [0.1, 0.15) is 0 Å². The van der Waals surface area contributed by atoms with E-state index in [-0.39, 0.29) is 11.8 Å². The second-order valence-electron chi connectivity index (χ2n) is 4.36. The number of nitrogens with one attached hydrogen (secondary N) is 2. The van der Waals surface area contributed by atoms with Crippen LogP contribution < -0.4 is 10.6 Å². The Kier molecular flexibility index (Phi) is 3.23. The lowest BCUT2D eigenvalue weighted by atomic mass is 10.1. The average molecular weight is 285 g/mol. The first-order chi connectivity index (χ1) is 10.2. The molecule has 21 heavy (non-hydrogen) atoms. The monoisotopic (exact) mass is 285 g/mol. The van der Waals surface area contributed by atoms with Crippen LogP contribution in [0.5, 0.6) is 0 Å². The summed E-state index contributed by atoms with van der Waals surface area (Å²) in [5.41, 5.74) is 1.87. The summed E-state index contributed by atoms with van der Waals surface area (Å²) in [6, 6.07) is 9.34. The van der Waals surface area contributed by atoms with E-state index in [1.165, 1.54) is 23.7 Å². The number of carbonyl (C=O) groups is 1. The summed E-state index contributed by atoms with van der Waals surface area (Å²) in [7, 11) is 1.52. The van der Waals surface area contributed by atoms with E-state index < -0.39 is 0 Å². The van der Waals surface area contributed by atoms with Crippen molar-refractivity contribution in [1.82, 2.24) is 19.9 Å². The van der Waals surface area contributed by atoms with Gasteiger partial charge in [0.05, 0.1) is 11.9 Å². The van der Waals surface area contributed by atoms with E-state index in [0.29, 0.717) is 22.7 Å². The molecule has 0 aliphatic carbocycles. The van der Waals surface area contributed by atoms with Crippen LogP contribution in [0.15, 0.2) is 42.6 Å². The molecule has 2 aromatic heterocycles. The molecule has 3 aromatic rings. The molecule has 0 bridgehead atoms. The SMILES string of the molecule is CNC(=O)Nc1cn2nc(-c3cccc(F)c3)ccc2n1. The Hall–Kier alpha value is -2.96. The highest BCUT2D eigenvalue weighted by molar-refractivity contribution is 5.88. The van der Waals surface area contributed by atoms with Crippen molar-refractivity contribution in [2.75, 3.05) is 12.4 Å². The summed E-state index contributed by atoms with van der Waals surface area (Å²) in [6.07, 6.45) is 1.59. The van der Waals surface area contributed by atoms with E-state index in [2.05, 4.69) is 20.7 Å². The summed E-state index contributed by atoms with van der Waals surface area (Å²) < 4.78 is 14.8. The Morgan fingerprint density at radius 2 is 2.14 bits per heavy atom. The molecule has 2 heterocycles. The Labute approximate surface area is 119 Å². The van der Waals surface area contributed by atoms with Crippen molar-refractivity contribution in [2.45, 2.75) is 0 Å². The number of urea groups is 1. The molecule has 0 saturated heterocycles. The molecule has 0 aliphatic rings. The Morgan fingerprint density at radius 1 is 1.29 bits per heavy atom. The van der Waals surface area contributed by atoms with E-state index in [9.17, 15) is 9.18 Å². The maximum Gasteiger partial charge on any atom is 0.320 e. The van der Waals surface area contributed by atoms with Gasteiger partial charge in [0.15, 0.2) is 11.5 Å². The van der Waals surface area contributed by atoms with Gasteiger partial charge in [0.2, 0.25) is 0 Å². The van der Waals surface area contributed by atoms with Gasteiger partial charge in [-0.05, 0) is 24.3 Å². The third-order valence-electron chi connectivity index (χ3n) is 2.91. The summed E-state index contributed by atoms with van der Waals surface area (Å²) in [5, 5.41) is 9.36. The minimum absolute atomic E-state index is 0.318. The summed E-state index contributed by atoms with van der Waals surface area (Å²) in [6.45, 7) is 0. The largest absolute Gasteiger partial charge is 0.341 e. The lowest BCUT2D eigenvalue weighted by molar-refractivity contribution is 0.254. The van der Waals surface area contributed by atoms with Crippen LogP contribution in [0, 0.1) is 5.82 Å². The standard InChI is InChI=1S/C14H12FN5O/c1-16-14(21)18-12-8-20-13(17-12)6-5-11(19-20)9-3-2-4-10(15)7-9/h2-8H,1H3,(H2,16,18,21). The van der Waals surface area contributed by atoms with Gasteiger partial charge in [0, 0.05) is 12.6 Å². The molecule has 6 nitrogen and oxygen atoms in total. The van der Waals surface area contributed by atoms with Crippen LogP contribution in [0.4, 0.5) is 15.0 Å². The summed E-state index contributed by atoms with van der Waals surface area (Å²) in [5.74, 6) is 0.0697. The molecular weight excluding hydrogens is 273 g/mol. The van der Waals surface area contributed by atoms with Crippen molar-refractivity contribution in [3.05, 3.63) is 48.4 Å². The van der Waals surface area contributed by atoms with Gasteiger partial charge in [-0.25, -0.2) is 18.7 Å². The smallest absolute Gasteiger partial charge is 0.320 e. The van der Waals surface area contributed by atoms with E-state index in [0.717, 1.165) is 0 Å². The molecule has 0 aliphatic heterocycles. The summed E-state index contributed by atoms with van der Waals surface area (Å²) >= 11 is 0. The maximum atomic E-state index is 13.3. The van der Waals surface area contributed by atoms with Gasteiger partial charge in [0.1, 0.15) is 5.82 Å². The van der Waals surface area contributed by atoms with Gasteiger partial charge in [-0.1, -0.05) is 12.1 Å². The number of benzene rings is 1. The van der Waals surface area contributed by atoms with E-state index in [1.807, 2.05) is 0 Å². The fraction of sp³-hybridized carbons (Fsp3) is 0.0714. The van der Waals surface area contributed by atoms with Crippen molar-refractivity contribution in [1.29, 1.82) is 0 Å². The fourth-order valence-electron chi connectivity index (χ4n) is 1.92. The number of hydrogen-bond donors (Lipinski definition) is 2. The maximum absolute atomic E-state index is 13.3. The highest BCUT2D eigenvalue weighted by Crippen LogP contribution is 2.19. The number of amides is 2. The number of hydrogen-bond acceptors (Lipinski definition) is 3. The van der Waals surface area contributed by atoms with Gasteiger partial charge in [0.25, 0.3) is 0 Å². The Bertz CT molecular complexity index is 814. The number of fused-ring (bicyclic) bond motifs is 1. The van der Waals surface area contributed by atoms with Crippen LogP contribution in [0.2, 0.25) is 0 Å². The molecule has 0 saturated carbocycles. The van der Waals surface area contributed by atoms with Crippen LogP contribution in [0.25, 0.3) is 16.9 Å². The fourth-order valence-corrected chi connectivity index (χ4v) is 1.92. The molecule has 1 aromatic carbocycles. The molecule has 0 atom stereocenters. The lowest BCUT2D eigenvalue weighted by Gasteiger charge is -2.01. The zero-order valence-corrected chi connectivity index (χ0v) is 11.2. The van der Waals surface area contributed by atoms with Crippen LogP contribution in [-0.2, 0) is 0 Å². The first-order valence-electron chi connectivity index (χ1n) is 6.27. The van der Waals surface area contributed by atoms with Crippen molar-refractivity contribution in [2.24, 2.45) is 0 Å². The van der Waals surface area contributed by atoms with Crippen molar-refractivity contribution < 1.29 is 9.18 Å². The highest BCUT2D eigenvalue weighted by atomic mass is 19.1. The van der Waals surface area contributed by atoms with E-state index >= 15 is 0 Å². The van der Waals surface area contributed by atoms with Crippen molar-refractivity contribution >= 4 is 17.5 Å². The highest BCUT2D eigenvalue weighted by Gasteiger charge is 2.07. The normalized spacial score (nSPS) is 10.6. The number of rotatable bonds is 2. The third-order valence-corrected chi connectivity index (χ3v) is 2.91. The van der Waals surface area contributed by atoms with Gasteiger partial charge in [-0.3, -0.25) is 5.32 Å². The van der Waals surface area contributed by atoms with Gasteiger partial charge < -0.3 is 5.32 Å². The third kappa shape index (κ3) is 2.66. The second kappa shape index (κ2) is 5.20. The number of anilines is 1. The van der Waals surface area contributed by atoms with Crippen molar-refractivity contribution in [3.63, 3.8) is 0 Å². The topological polar surface area (TPSA) is 71.3 Å². The molecular formula is C14H12FN5O. The van der Waals surface area contributed by atoms with Gasteiger partial charge in [-0.15, -0.1) is 0 Å². The van der Waals surface area contributed by atoms with Crippen LogP contribution >= 0.6 is 0 Å². The van der Waals surface area contributed by atoms with Gasteiger partial charge >= 0.3 is 6.03 Å². The first kappa shape index (κ1) is 13.0. The molecule has 0 unspecified atom stereocenters. The zero-order valence-electron chi connectivity index (χ0n) is 11.2. The molecule has 0 spiro atoms.